The summed E-state index contributed by atoms with van der Waals surface area (Å²) >= 11 is 0. The van der Waals surface area contributed by atoms with Crippen molar-refractivity contribution in [2.24, 2.45) is 5.92 Å². The van der Waals surface area contributed by atoms with Crippen LogP contribution in [0.3, 0.4) is 0 Å². The molecule has 2 N–H and O–H groups in total. The van der Waals surface area contributed by atoms with Gasteiger partial charge < -0.3 is 19.9 Å². The third-order valence-electron chi connectivity index (χ3n) is 4.08. The number of hydrogen-bond donors (Lipinski definition) is 2. The number of rotatable bonds is 9. The van der Waals surface area contributed by atoms with E-state index in [9.17, 15) is 9.59 Å². The Bertz CT molecular complexity index is 830. The second-order valence-corrected chi connectivity index (χ2v) is 6.59. The minimum absolute atomic E-state index is 0.212. The molecule has 1 amide bonds. The zero-order valence-corrected chi connectivity index (χ0v) is 16.2. The van der Waals surface area contributed by atoms with Gasteiger partial charge >= 0.3 is 5.97 Å². The molecule has 0 saturated carbocycles. The Morgan fingerprint density at radius 3 is 2.43 bits per heavy atom. The smallest absolute Gasteiger partial charge is 0.326 e. The molecule has 1 atom stereocenters. The highest BCUT2D eigenvalue weighted by molar-refractivity contribution is 5.94. The zero-order chi connectivity index (χ0) is 20.5. The summed E-state index contributed by atoms with van der Waals surface area (Å²) in [5.74, 6) is -0.596. The van der Waals surface area contributed by atoms with Gasteiger partial charge in [0.15, 0.2) is 11.5 Å². The van der Waals surface area contributed by atoms with E-state index in [0.29, 0.717) is 18.1 Å². The molecule has 0 spiro atoms. The van der Waals surface area contributed by atoms with Crippen molar-refractivity contribution in [2.75, 3.05) is 7.11 Å². The van der Waals surface area contributed by atoms with Crippen molar-refractivity contribution >= 4 is 18.0 Å². The van der Waals surface area contributed by atoms with Crippen molar-refractivity contribution in [3.63, 3.8) is 0 Å². The van der Waals surface area contributed by atoms with Crippen LogP contribution in [-0.2, 0) is 16.2 Å². The number of ether oxygens (including phenoxy) is 2. The molecule has 0 radical (unpaired) electrons. The number of hydrogen-bond acceptors (Lipinski definition) is 4. The van der Waals surface area contributed by atoms with Crippen molar-refractivity contribution in [2.45, 2.75) is 26.5 Å². The fourth-order valence-corrected chi connectivity index (χ4v) is 2.53. The largest absolute Gasteiger partial charge is 0.493 e. The lowest BCUT2D eigenvalue weighted by Crippen LogP contribution is -2.43. The van der Waals surface area contributed by atoms with Gasteiger partial charge in [-0.05, 0) is 35.3 Å². The van der Waals surface area contributed by atoms with E-state index in [1.165, 1.54) is 6.08 Å². The first kappa shape index (κ1) is 21.0. The molecule has 0 heterocycles. The first-order chi connectivity index (χ1) is 13.4. The monoisotopic (exact) mass is 383 g/mol. The van der Waals surface area contributed by atoms with Crippen molar-refractivity contribution in [3.05, 3.63) is 65.7 Å². The molecule has 0 aliphatic carbocycles. The molecule has 0 fully saturated rings. The van der Waals surface area contributed by atoms with Gasteiger partial charge in [-0.2, -0.15) is 0 Å². The summed E-state index contributed by atoms with van der Waals surface area (Å²) in [4.78, 5) is 23.2. The Morgan fingerprint density at radius 2 is 1.82 bits per heavy atom. The van der Waals surface area contributed by atoms with E-state index in [4.69, 9.17) is 14.6 Å². The number of carboxylic acid groups (broad SMARTS) is 1. The van der Waals surface area contributed by atoms with Gasteiger partial charge in [0.1, 0.15) is 12.6 Å². The Kier molecular flexibility index (Phi) is 7.63. The molecule has 2 rings (SSSR count). The van der Waals surface area contributed by atoms with Crippen molar-refractivity contribution < 1.29 is 24.2 Å². The highest BCUT2D eigenvalue weighted by Crippen LogP contribution is 2.29. The van der Waals surface area contributed by atoms with Crippen LogP contribution >= 0.6 is 0 Å². The lowest BCUT2D eigenvalue weighted by molar-refractivity contribution is -0.142. The van der Waals surface area contributed by atoms with Crippen LogP contribution in [0, 0.1) is 5.92 Å². The van der Waals surface area contributed by atoms with Crippen LogP contribution in [0.2, 0.25) is 0 Å². The quantitative estimate of drug-likeness (QED) is 0.647. The van der Waals surface area contributed by atoms with E-state index in [2.05, 4.69) is 5.32 Å². The molecule has 0 aliphatic rings. The summed E-state index contributed by atoms with van der Waals surface area (Å²) in [7, 11) is 1.55. The van der Waals surface area contributed by atoms with Gasteiger partial charge in [0.2, 0.25) is 5.91 Å². The lowest BCUT2D eigenvalue weighted by Gasteiger charge is -2.16. The molecule has 2 aromatic carbocycles. The average Bonchev–Trinajstić information content (AvgIpc) is 2.69. The van der Waals surface area contributed by atoms with Crippen LogP contribution in [0.25, 0.3) is 6.08 Å². The second kappa shape index (κ2) is 10.2. The molecule has 2 aromatic rings. The number of methoxy groups -OCH3 is 1. The molecule has 0 aromatic heterocycles. The van der Waals surface area contributed by atoms with Crippen LogP contribution in [0.1, 0.15) is 25.0 Å². The summed E-state index contributed by atoms with van der Waals surface area (Å²) in [5.41, 5.74) is 1.78. The van der Waals surface area contributed by atoms with Crippen LogP contribution in [0.5, 0.6) is 11.5 Å². The van der Waals surface area contributed by atoms with Gasteiger partial charge in [-0.3, -0.25) is 4.79 Å². The van der Waals surface area contributed by atoms with Gasteiger partial charge in [0.05, 0.1) is 7.11 Å². The van der Waals surface area contributed by atoms with Crippen molar-refractivity contribution in [1.82, 2.24) is 5.32 Å². The number of carboxylic acids is 1. The second-order valence-electron chi connectivity index (χ2n) is 6.59. The van der Waals surface area contributed by atoms with Gasteiger partial charge in [-0.15, -0.1) is 0 Å². The van der Waals surface area contributed by atoms with E-state index < -0.39 is 17.9 Å². The Labute approximate surface area is 164 Å². The first-order valence-corrected chi connectivity index (χ1v) is 8.97. The third kappa shape index (κ3) is 6.16. The van der Waals surface area contributed by atoms with Crippen molar-refractivity contribution in [1.29, 1.82) is 0 Å². The molecule has 0 bridgehead atoms. The predicted molar refractivity (Wildman–Crippen MR) is 107 cm³/mol. The summed E-state index contributed by atoms with van der Waals surface area (Å²) in [6.45, 7) is 3.89. The van der Waals surface area contributed by atoms with Gasteiger partial charge in [0, 0.05) is 6.08 Å². The first-order valence-electron chi connectivity index (χ1n) is 8.97. The summed E-state index contributed by atoms with van der Waals surface area (Å²) in [6.07, 6.45) is 2.90. The fraction of sp³-hybridized carbons (Fsp3) is 0.273. The molecular weight excluding hydrogens is 358 g/mol. The van der Waals surface area contributed by atoms with Crippen LogP contribution in [0.15, 0.2) is 54.6 Å². The number of amides is 1. The van der Waals surface area contributed by atoms with E-state index in [-0.39, 0.29) is 5.92 Å². The molecule has 148 valence electrons. The average molecular weight is 383 g/mol. The minimum atomic E-state index is -1.06. The standard InChI is InChI=1S/C22H25NO5/c1-15(2)21(22(25)26)23-20(24)12-10-16-9-11-18(19(13-16)27-3)28-14-17-7-5-4-6-8-17/h4-13,15,21H,14H2,1-3H3,(H,23,24)(H,25,26)/b12-10+/t21-/m1/s1. The van der Waals surface area contributed by atoms with Gasteiger partial charge in [-0.1, -0.05) is 50.2 Å². The minimum Gasteiger partial charge on any atom is -0.493 e. The number of aliphatic carboxylic acids is 1. The third-order valence-corrected chi connectivity index (χ3v) is 4.08. The molecule has 0 aliphatic heterocycles. The highest BCUT2D eigenvalue weighted by Gasteiger charge is 2.22. The summed E-state index contributed by atoms with van der Waals surface area (Å²) in [6, 6.07) is 14.2. The Hall–Kier alpha value is -3.28. The molecule has 0 saturated heterocycles. The normalized spacial score (nSPS) is 12.0. The number of carbonyl (C=O) groups excluding carboxylic acids is 1. The maximum Gasteiger partial charge on any atom is 0.326 e. The topological polar surface area (TPSA) is 84.9 Å². The summed E-state index contributed by atoms with van der Waals surface area (Å²) in [5, 5.41) is 11.6. The highest BCUT2D eigenvalue weighted by atomic mass is 16.5. The van der Waals surface area contributed by atoms with E-state index in [0.717, 1.165) is 11.1 Å². The SMILES string of the molecule is COc1cc(/C=C/C(=O)N[C@@H](C(=O)O)C(C)C)ccc1OCc1ccccc1. The van der Waals surface area contributed by atoms with Gasteiger partial charge in [0.25, 0.3) is 0 Å². The van der Waals surface area contributed by atoms with Crippen molar-refractivity contribution in [3.8, 4) is 11.5 Å². The molecule has 6 nitrogen and oxygen atoms in total. The lowest BCUT2D eigenvalue weighted by atomic mass is 10.0. The maximum absolute atomic E-state index is 12.0. The molecule has 28 heavy (non-hydrogen) atoms. The van der Waals surface area contributed by atoms with E-state index in [1.54, 1.807) is 45.2 Å². The summed E-state index contributed by atoms with van der Waals surface area (Å²) < 4.78 is 11.2. The van der Waals surface area contributed by atoms with Crippen LogP contribution < -0.4 is 14.8 Å². The molecule has 0 unspecified atom stereocenters. The number of nitrogens with one attached hydrogen (secondary N) is 1. The predicted octanol–water partition coefficient (Wildman–Crippen LogP) is 3.51. The number of benzene rings is 2. The zero-order valence-electron chi connectivity index (χ0n) is 16.2. The fourth-order valence-electron chi connectivity index (χ4n) is 2.53. The maximum atomic E-state index is 12.0. The van der Waals surface area contributed by atoms with E-state index >= 15 is 0 Å². The Balaban J connectivity index is 2.03. The van der Waals surface area contributed by atoms with Crippen LogP contribution in [-0.4, -0.2) is 30.1 Å². The molecule has 6 heteroatoms. The Morgan fingerprint density at radius 1 is 1.11 bits per heavy atom. The number of carbonyl (C=O) groups is 2. The van der Waals surface area contributed by atoms with E-state index in [1.807, 2.05) is 30.3 Å². The van der Waals surface area contributed by atoms with Crippen LogP contribution in [0.4, 0.5) is 0 Å². The van der Waals surface area contributed by atoms with Gasteiger partial charge in [-0.25, -0.2) is 4.79 Å². The molecular formula is C22H25NO5.